The predicted molar refractivity (Wildman–Crippen MR) is 122 cm³/mol. The average Bonchev–Trinajstić information content (AvgIpc) is 3.33. The second-order valence-corrected chi connectivity index (χ2v) is 9.79. The van der Waals surface area contributed by atoms with Gasteiger partial charge in [-0.15, -0.1) is 0 Å². The first kappa shape index (κ1) is 21.9. The first-order chi connectivity index (χ1) is 15.0. The van der Waals surface area contributed by atoms with Gasteiger partial charge in [0.2, 0.25) is 0 Å². The molecule has 32 heavy (non-hydrogen) atoms. The molecule has 1 aromatic carbocycles. The lowest BCUT2D eigenvalue weighted by Gasteiger charge is -2.35. The first-order valence-corrected chi connectivity index (χ1v) is 10.8. The zero-order chi connectivity index (χ0) is 23.1. The van der Waals surface area contributed by atoms with Crippen molar-refractivity contribution in [2.75, 3.05) is 0 Å². The molecule has 0 aliphatic heterocycles. The summed E-state index contributed by atoms with van der Waals surface area (Å²) in [6.45, 7) is 9.68. The Morgan fingerprint density at radius 1 is 1.28 bits per heavy atom. The molecular weight excluding hydrogens is 402 g/mol. The molecule has 1 aliphatic carbocycles. The lowest BCUT2D eigenvalue weighted by molar-refractivity contribution is 0.0890. The highest BCUT2D eigenvalue weighted by molar-refractivity contribution is 5.92. The molecule has 6 nitrogen and oxygen atoms in total. The molecule has 0 saturated carbocycles. The molecule has 0 radical (unpaired) electrons. The van der Waals surface area contributed by atoms with E-state index in [1.54, 1.807) is 26.0 Å². The Morgan fingerprint density at radius 2 is 2.03 bits per heavy atom. The highest BCUT2D eigenvalue weighted by Gasteiger charge is 2.36. The first-order valence-electron chi connectivity index (χ1n) is 10.8. The van der Waals surface area contributed by atoms with Crippen molar-refractivity contribution in [3.8, 4) is 17.5 Å². The molecule has 2 N–H and O–H groups in total. The van der Waals surface area contributed by atoms with Crippen molar-refractivity contribution in [1.82, 2.24) is 15.1 Å². The maximum absolute atomic E-state index is 12.9. The van der Waals surface area contributed by atoms with Crippen molar-refractivity contribution < 1.29 is 14.3 Å². The maximum atomic E-state index is 12.9. The Hall–Kier alpha value is -3.30. The lowest BCUT2D eigenvalue weighted by atomic mass is 9.74. The molecule has 0 bridgehead atoms. The normalized spacial score (nSPS) is 17.2. The number of rotatable bonds is 3. The maximum Gasteiger partial charge on any atom is 0.287 e. The molecule has 166 valence electrons. The highest BCUT2D eigenvalue weighted by atomic mass is 16.3. The molecule has 0 saturated heterocycles. The largest absolute Gasteiger partial charge is 0.443 e. The van der Waals surface area contributed by atoms with E-state index in [0.29, 0.717) is 5.76 Å². The van der Waals surface area contributed by atoms with Gasteiger partial charge in [-0.25, -0.2) is 4.68 Å². The Labute approximate surface area is 188 Å². The van der Waals surface area contributed by atoms with Gasteiger partial charge in [0.05, 0.1) is 23.6 Å². The summed E-state index contributed by atoms with van der Waals surface area (Å²) in [6, 6.07) is 11.2. The third kappa shape index (κ3) is 4.63. The van der Waals surface area contributed by atoms with Crippen molar-refractivity contribution in [2.24, 2.45) is 5.41 Å². The summed E-state index contributed by atoms with van der Waals surface area (Å²) in [4.78, 5) is 12.9. The Morgan fingerprint density at radius 3 is 2.75 bits per heavy atom. The number of amides is 1. The number of benzene rings is 1. The summed E-state index contributed by atoms with van der Waals surface area (Å²) >= 11 is 0. The van der Waals surface area contributed by atoms with E-state index in [1.165, 1.54) is 0 Å². The fourth-order valence-corrected chi connectivity index (χ4v) is 4.15. The minimum Gasteiger partial charge on any atom is -0.443 e. The van der Waals surface area contributed by atoms with Crippen molar-refractivity contribution in [2.45, 2.75) is 59.1 Å². The SMILES string of the molecule is Cc1ccccc1-n1ncc2c1CC(C)(C)C[C@@H]2NC(=O)c1ccc(C#CC(C)(C)O)o1. The number of para-hydroxylation sites is 1. The Bertz CT molecular complexity index is 1210. The van der Waals surface area contributed by atoms with Gasteiger partial charge in [-0.05, 0) is 68.7 Å². The van der Waals surface area contributed by atoms with Crippen LogP contribution in [-0.4, -0.2) is 26.4 Å². The number of aliphatic hydroxyl groups is 1. The molecule has 4 rings (SSSR count). The number of hydrogen-bond acceptors (Lipinski definition) is 4. The lowest BCUT2D eigenvalue weighted by Crippen LogP contribution is -2.36. The van der Waals surface area contributed by atoms with Crippen LogP contribution < -0.4 is 5.32 Å². The van der Waals surface area contributed by atoms with E-state index in [1.807, 2.05) is 23.0 Å². The van der Waals surface area contributed by atoms with E-state index in [0.717, 1.165) is 35.3 Å². The van der Waals surface area contributed by atoms with Crippen LogP contribution in [0.4, 0.5) is 0 Å². The van der Waals surface area contributed by atoms with Crippen LogP contribution >= 0.6 is 0 Å². The van der Waals surface area contributed by atoms with Gasteiger partial charge in [0.1, 0.15) is 5.60 Å². The average molecular weight is 432 g/mol. The number of aryl methyl sites for hydroxylation is 1. The fraction of sp³-hybridized carbons (Fsp3) is 0.385. The van der Waals surface area contributed by atoms with Crippen molar-refractivity contribution in [3.63, 3.8) is 0 Å². The van der Waals surface area contributed by atoms with Crippen LogP contribution in [0.3, 0.4) is 0 Å². The number of nitrogens with one attached hydrogen (secondary N) is 1. The van der Waals surface area contributed by atoms with Gasteiger partial charge < -0.3 is 14.8 Å². The van der Waals surface area contributed by atoms with Crippen LogP contribution in [0.5, 0.6) is 0 Å². The van der Waals surface area contributed by atoms with Gasteiger partial charge >= 0.3 is 0 Å². The smallest absolute Gasteiger partial charge is 0.287 e. The summed E-state index contributed by atoms with van der Waals surface area (Å²) < 4.78 is 7.60. The zero-order valence-electron chi connectivity index (χ0n) is 19.2. The number of hydrogen-bond donors (Lipinski definition) is 2. The van der Waals surface area contributed by atoms with E-state index >= 15 is 0 Å². The summed E-state index contributed by atoms with van der Waals surface area (Å²) in [5, 5.41) is 17.6. The summed E-state index contributed by atoms with van der Waals surface area (Å²) in [6.07, 6.45) is 3.54. The number of furan rings is 1. The number of carbonyl (C=O) groups excluding carboxylic acids is 1. The van der Waals surface area contributed by atoms with E-state index in [4.69, 9.17) is 4.42 Å². The van der Waals surface area contributed by atoms with Crippen LogP contribution in [0, 0.1) is 24.2 Å². The van der Waals surface area contributed by atoms with Gasteiger partial charge in [0.25, 0.3) is 5.91 Å². The molecule has 1 amide bonds. The molecule has 2 aromatic heterocycles. The zero-order valence-corrected chi connectivity index (χ0v) is 19.2. The van der Waals surface area contributed by atoms with E-state index in [9.17, 15) is 9.90 Å². The third-order valence-corrected chi connectivity index (χ3v) is 5.65. The number of nitrogens with zero attached hydrogens (tertiary/aromatic N) is 2. The van der Waals surface area contributed by atoms with Crippen molar-refractivity contribution >= 4 is 5.91 Å². The van der Waals surface area contributed by atoms with E-state index < -0.39 is 5.60 Å². The highest BCUT2D eigenvalue weighted by Crippen LogP contribution is 2.41. The van der Waals surface area contributed by atoms with E-state index in [-0.39, 0.29) is 23.1 Å². The van der Waals surface area contributed by atoms with Gasteiger partial charge in [-0.1, -0.05) is 38.0 Å². The van der Waals surface area contributed by atoms with Crippen LogP contribution in [0.2, 0.25) is 0 Å². The van der Waals surface area contributed by atoms with Crippen LogP contribution in [0.15, 0.2) is 47.0 Å². The van der Waals surface area contributed by atoms with Gasteiger partial charge in [0.15, 0.2) is 11.5 Å². The van der Waals surface area contributed by atoms with Crippen LogP contribution in [0.25, 0.3) is 5.69 Å². The fourth-order valence-electron chi connectivity index (χ4n) is 4.15. The predicted octanol–water partition coefficient (Wildman–Crippen LogP) is 4.34. The standard InChI is InChI=1S/C26H29N3O3/c1-17-8-6-7-9-21(17)29-22-15-25(2,3)14-20(19(22)16-27-29)28-24(30)23-11-10-18(32-23)12-13-26(4,5)31/h6-11,16,20,31H,14-15H2,1-5H3,(H,28,30)/t20-/m0/s1. The van der Waals surface area contributed by atoms with Gasteiger partial charge in [0, 0.05) is 5.56 Å². The van der Waals surface area contributed by atoms with Crippen molar-refractivity contribution in [1.29, 1.82) is 0 Å². The topological polar surface area (TPSA) is 80.3 Å². The molecule has 1 atom stereocenters. The minimum absolute atomic E-state index is 0.00206. The summed E-state index contributed by atoms with van der Waals surface area (Å²) in [5.41, 5.74) is 3.23. The minimum atomic E-state index is -1.13. The monoisotopic (exact) mass is 431 g/mol. The molecular formula is C26H29N3O3. The third-order valence-electron chi connectivity index (χ3n) is 5.65. The second-order valence-electron chi connectivity index (χ2n) is 9.79. The second kappa shape index (κ2) is 7.99. The van der Waals surface area contributed by atoms with Gasteiger partial charge in [-0.3, -0.25) is 4.79 Å². The Kier molecular flexibility index (Phi) is 5.47. The van der Waals surface area contributed by atoms with Crippen molar-refractivity contribution in [3.05, 3.63) is 70.9 Å². The Balaban J connectivity index is 1.61. The molecule has 1 aliphatic rings. The van der Waals surface area contributed by atoms with Crippen LogP contribution in [0.1, 0.15) is 73.3 Å². The summed E-state index contributed by atoms with van der Waals surface area (Å²) in [7, 11) is 0. The number of fused-ring (bicyclic) bond motifs is 1. The van der Waals surface area contributed by atoms with Crippen LogP contribution in [-0.2, 0) is 6.42 Å². The molecule has 0 spiro atoms. The number of aromatic nitrogens is 2. The molecule has 2 heterocycles. The number of carbonyl (C=O) groups is 1. The molecule has 0 fully saturated rings. The van der Waals surface area contributed by atoms with Gasteiger partial charge in [-0.2, -0.15) is 5.10 Å². The molecule has 3 aromatic rings. The van der Waals surface area contributed by atoms with E-state index in [2.05, 4.69) is 55.2 Å². The quantitative estimate of drug-likeness (QED) is 0.605. The summed E-state index contributed by atoms with van der Waals surface area (Å²) in [5.74, 6) is 5.69. The molecule has 6 heteroatoms. The molecule has 0 unspecified atom stereocenters.